The molecule has 62 heavy (non-hydrogen) atoms. The van der Waals surface area contributed by atoms with E-state index < -0.39 is 6.10 Å². The number of hydrogen-bond donors (Lipinski definition) is 0. The van der Waals surface area contributed by atoms with Crippen LogP contribution in [0.15, 0.2) is 0 Å². The molecule has 0 N–H and O–H groups in total. The van der Waals surface area contributed by atoms with Crippen molar-refractivity contribution >= 4 is 17.9 Å². The first-order valence-corrected chi connectivity index (χ1v) is 27.7. The van der Waals surface area contributed by atoms with Gasteiger partial charge in [0.2, 0.25) is 0 Å². The number of ether oxygens (including phenoxy) is 3. The molecule has 0 aromatic rings. The summed E-state index contributed by atoms with van der Waals surface area (Å²) >= 11 is 0. The van der Waals surface area contributed by atoms with E-state index in [4.69, 9.17) is 14.2 Å². The van der Waals surface area contributed by atoms with Crippen LogP contribution in [0.5, 0.6) is 0 Å². The van der Waals surface area contributed by atoms with E-state index in [9.17, 15) is 14.4 Å². The summed E-state index contributed by atoms with van der Waals surface area (Å²) in [6, 6.07) is 0. The van der Waals surface area contributed by atoms with Gasteiger partial charge in [-0.3, -0.25) is 14.4 Å². The standard InChI is InChI=1S/C56H108O6/c1-6-7-8-9-10-11-12-17-21-26-31-36-41-46-54(57)60-49-53(62-56(59)48-43-38-33-28-23-25-30-35-40-45-52(4)5)50-61-55(58)47-42-37-32-27-22-19-16-14-13-15-18-20-24-29-34-39-44-51(2)3/h51-53H,6-50H2,1-5H3/t53-/m0/s1. The lowest BCUT2D eigenvalue weighted by Crippen LogP contribution is -2.30. The van der Waals surface area contributed by atoms with E-state index in [-0.39, 0.29) is 31.1 Å². The highest BCUT2D eigenvalue weighted by molar-refractivity contribution is 5.71. The van der Waals surface area contributed by atoms with Crippen LogP contribution < -0.4 is 0 Å². The van der Waals surface area contributed by atoms with Crippen molar-refractivity contribution in [1.29, 1.82) is 0 Å². The number of carbonyl (C=O) groups is 3. The smallest absolute Gasteiger partial charge is 0.306 e. The van der Waals surface area contributed by atoms with Gasteiger partial charge in [0.1, 0.15) is 13.2 Å². The highest BCUT2D eigenvalue weighted by atomic mass is 16.6. The molecule has 0 aliphatic rings. The molecule has 0 bridgehead atoms. The monoisotopic (exact) mass is 877 g/mol. The highest BCUT2D eigenvalue weighted by Crippen LogP contribution is 2.18. The average Bonchev–Trinajstić information content (AvgIpc) is 3.24. The minimum atomic E-state index is -0.762. The Morgan fingerprint density at radius 2 is 0.532 bits per heavy atom. The Kier molecular flexibility index (Phi) is 47.6. The summed E-state index contributed by atoms with van der Waals surface area (Å²) in [5.74, 6) is 0.815. The van der Waals surface area contributed by atoms with Crippen molar-refractivity contribution in [3.8, 4) is 0 Å². The van der Waals surface area contributed by atoms with E-state index in [1.165, 1.54) is 199 Å². The van der Waals surface area contributed by atoms with Crippen LogP contribution in [0, 0.1) is 11.8 Å². The van der Waals surface area contributed by atoms with Crippen LogP contribution in [0.4, 0.5) is 0 Å². The zero-order chi connectivity index (χ0) is 45.4. The van der Waals surface area contributed by atoms with Gasteiger partial charge in [0, 0.05) is 19.3 Å². The summed E-state index contributed by atoms with van der Waals surface area (Å²) in [5, 5.41) is 0. The molecule has 0 aliphatic heterocycles. The SMILES string of the molecule is CCCCCCCCCCCCCCCC(=O)OC[C@@H](COC(=O)CCCCCCCCCCCCCCCCCCC(C)C)OC(=O)CCCCCCCCCCCC(C)C. The maximum absolute atomic E-state index is 12.8. The largest absolute Gasteiger partial charge is 0.462 e. The van der Waals surface area contributed by atoms with Crippen molar-refractivity contribution in [3.05, 3.63) is 0 Å². The molecule has 0 rings (SSSR count). The van der Waals surface area contributed by atoms with Crippen molar-refractivity contribution in [2.24, 2.45) is 11.8 Å². The second-order valence-electron chi connectivity index (χ2n) is 20.2. The van der Waals surface area contributed by atoms with Gasteiger partial charge in [0.05, 0.1) is 0 Å². The maximum atomic E-state index is 12.8. The molecule has 0 amide bonds. The van der Waals surface area contributed by atoms with E-state index in [0.717, 1.165) is 69.6 Å². The fraction of sp³-hybridized carbons (Fsp3) is 0.946. The number of rotatable bonds is 50. The predicted molar refractivity (Wildman–Crippen MR) is 266 cm³/mol. The van der Waals surface area contributed by atoms with Crippen LogP contribution in [-0.2, 0) is 28.6 Å². The van der Waals surface area contributed by atoms with Crippen molar-refractivity contribution in [2.45, 2.75) is 317 Å². The molecule has 6 heteroatoms. The van der Waals surface area contributed by atoms with Gasteiger partial charge < -0.3 is 14.2 Å². The molecule has 0 saturated heterocycles. The molecule has 0 saturated carbocycles. The summed E-state index contributed by atoms with van der Waals surface area (Å²) in [6.45, 7) is 11.4. The van der Waals surface area contributed by atoms with Gasteiger partial charge in [0.25, 0.3) is 0 Å². The molecular formula is C56H108O6. The van der Waals surface area contributed by atoms with Crippen molar-refractivity contribution in [2.75, 3.05) is 13.2 Å². The number of unbranched alkanes of at least 4 members (excludes halogenated alkanes) is 35. The van der Waals surface area contributed by atoms with Gasteiger partial charge in [-0.05, 0) is 31.1 Å². The summed E-state index contributed by atoms with van der Waals surface area (Å²) < 4.78 is 16.8. The average molecular weight is 877 g/mol. The molecule has 368 valence electrons. The highest BCUT2D eigenvalue weighted by Gasteiger charge is 2.19. The van der Waals surface area contributed by atoms with Crippen LogP contribution in [0.1, 0.15) is 311 Å². The lowest BCUT2D eigenvalue weighted by Gasteiger charge is -2.18. The molecular weight excluding hydrogens is 769 g/mol. The van der Waals surface area contributed by atoms with Gasteiger partial charge >= 0.3 is 17.9 Å². The Balaban J connectivity index is 4.25. The second-order valence-corrected chi connectivity index (χ2v) is 20.2. The lowest BCUT2D eigenvalue weighted by molar-refractivity contribution is -0.167. The number of hydrogen-bond acceptors (Lipinski definition) is 6. The van der Waals surface area contributed by atoms with Crippen LogP contribution >= 0.6 is 0 Å². The second kappa shape index (κ2) is 48.9. The van der Waals surface area contributed by atoms with Gasteiger partial charge in [-0.1, -0.05) is 272 Å². The molecule has 0 unspecified atom stereocenters. The Labute approximate surface area is 387 Å². The minimum absolute atomic E-state index is 0.0633. The first-order valence-electron chi connectivity index (χ1n) is 27.7. The summed E-state index contributed by atoms with van der Waals surface area (Å²) in [6.07, 6.45) is 50.9. The third kappa shape index (κ3) is 49.4. The number of carbonyl (C=O) groups excluding carboxylic acids is 3. The first kappa shape index (κ1) is 60.4. The molecule has 0 aliphatic carbocycles. The molecule has 0 aromatic heterocycles. The summed E-state index contributed by atoms with van der Waals surface area (Å²) in [5.41, 5.74) is 0. The fourth-order valence-corrected chi connectivity index (χ4v) is 8.52. The topological polar surface area (TPSA) is 78.9 Å². The number of esters is 3. The van der Waals surface area contributed by atoms with Crippen LogP contribution in [0.25, 0.3) is 0 Å². The van der Waals surface area contributed by atoms with E-state index in [1.807, 2.05) is 0 Å². The molecule has 0 fully saturated rings. The zero-order valence-corrected chi connectivity index (χ0v) is 42.5. The Morgan fingerprint density at radius 3 is 0.790 bits per heavy atom. The molecule has 1 atom stereocenters. The molecule has 6 nitrogen and oxygen atoms in total. The van der Waals surface area contributed by atoms with Crippen molar-refractivity contribution < 1.29 is 28.6 Å². The van der Waals surface area contributed by atoms with Crippen molar-refractivity contribution in [3.63, 3.8) is 0 Å². The molecule has 0 heterocycles. The molecule has 0 radical (unpaired) electrons. The summed E-state index contributed by atoms with van der Waals surface area (Å²) in [4.78, 5) is 38.0. The quantitative estimate of drug-likeness (QED) is 0.0344. The maximum Gasteiger partial charge on any atom is 0.306 e. The minimum Gasteiger partial charge on any atom is -0.462 e. The van der Waals surface area contributed by atoms with Gasteiger partial charge in [-0.25, -0.2) is 0 Å². The summed E-state index contributed by atoms with van der Waals surface area (Å²) in [7, 11) is 0. The lowest BCUT2D eigenvalue weighted by atomic mass is 10.0. The predicted octanol–water partition coefficient (Wildman–Crippen LogP) is 18.1. The third-order valence-corrected chi connectivity index (χ3v) is 12.7. The third-order valence-electron chi connectivity index (χ3n) is 12.7. The van der Waals surface area contributed by atoms with Crippen LogP contribution in [0.2, 0.25) is 0 Å². The van der Waals surface area contributed by atoms with E-state index in [1.54, 1.807) is 0 Å². The zero-order valence-electron chi connectivity index (χ0n) is 42.5. The molecule has 0 aromatic carbocycles. The van der Waals surface area contributed by atoms with Gasteiger partial charge in [-0.15, -0.1) is 0 Å². The molecule has 0 spiro atoms. The van der Waals surface area contributed by atoms with E-state index >= 15 is 0 Å². The van der Waals surface area contributed by atoms with E-state index in [0.29, 0.717) is 19.3 Å². The first-order chi connectivity index (χ1) is 30.2. The normalized spacial score (nSPS) is 12.0. The Morgan fingerprint density at radius 1 is 0.306 bits per heavy atom. The Hall–Kier alpha value is -1.59. The van der Waals surface area contributed by atoms with E-state index in [2.05, 4.69) is 34.6 Å². The van der Waals surface area contributed by atoms with Gasteiger partial charge in [0.15, 0.2) is 6.10 Å². The van der Waals surface area contributed by atoms with Gasteiger partial charge in [-0.2, -0.15) is 0 Å². The van der Waals surface area contributed by atoms with Crippen molar-refractivity contribution in [1.82, 2.24) is 0 Å². The van der Waals surface area contributed by atoms with Crippen LogP contribution in [0.3, 0.4) is 0 Å². The van der Waals surface area contributed by atoms with Crippen LogP contribution in [-0.4, -0.2) is 37.2 Å². The Bertz CT molecular complexity index is 947. The fourth-order valence-electron chi connectivity index (χ4n) is 8.52.